The SMILES string of the molecule is CCCCCCCCCCCCCC(C)O.CCO.CCO.[CH2-]CCCCCCCF.[Ti]. The maximum atomic E-state index is 11.5. The normalized spacial score (nSPS) is 10.4. The average molecular weight is 500 g/mol. The van der Waals surface area contributed by atoms with Gasteiger partial charge in [0.25, 0.3) is 0 Å². The zero-order valence-corrected chi connectivity index (χ0v) is 23.9. The number of aliphatic hydroxyl groups excluding tert-OH is 3. The minimum atomic E-state index is -0.148. The maximum absolute atomic E-state index is 11.5. The monoisotopic (exact) mass is 499 g/mol. The molecule has 0 heterocycles. The Kier molecular flexibility index (Phi) is 65.1. The van der Waals surface area contributed by atoms with Gasteiger partial charge in [-0.15, -0.1) is 0 Å². The molecule has 0 aromatic carbocycles. The topological polar surface area (TPSA) is 60.7 Å². The van der Waals surface area contributed by atoms with E-state index < -0.39 is 0 Å². The van der Waals surface area contributed by atoms with Crippen LogP contribution in [0.1, 0.15) is 143 Å². The first kappa shape index (κ1) is 42.7. The van der Waals surface area contributed by atoms with Crippen LogP contribution in [0.15, 0.2) is 0 Å². The molecule has 0 aliphatic rings. The second-order valence-electron chi connectivity index (χ2n) is 8.12. The van der Waals surface area contributed by atoms with Crippen LogP contribution < -0.4 is 0 Å². The van der Waals surface area contributed by atoms with Crippen molar-refractivity contribution in [1.29, 1.82) is 0 Å². The van der Waals surface area contributed by atoms with E-state index in [4.69, 9.17) is 15.3 Å². The van der Waals surface area contributed by atoms with E-state index in [-0.39, 0.29) is 47.7 Å². The average Bonchev–Trinajstić information content (AvgIpc) is 2.73. The first-order valence-electron chi connectivity index (χ1n) is 13.3. The van der Waals surface area contributed by atoms with E-state index >= 15 is 0 Å². The zero-order chi connectivity index (χ0) is 24.4. The van der Waals surface area contributed by atoms with E-state index in [0.29, 0.717) is 0 Å². The van der Waals surface area contributed by atoms with Gasteiger partial charge in [0.1, 0.15) is 0 Å². The fourth-order valence-electron chi connectivity index (χ4n) is 2.91. The Hall–Kier alpha value is 0.524. The standard InChI is InChI=1S/C15H32O.C8H16F.2C2H6O.Ti/c1-3-4-5-6-7-8-9-10-11-12-13-14-15(2)16;1-2-3-4-5-6-7-8-9;2*1-2-3;/h15-16H,3-14H2,1-2H3;1-8H2;2*3H,2H2,1H3;/q;-1;;;. The molecule has 1 unspecified atom stereocenters. The molecular formula is C27H60FO3Ti-. The van der Waals surface area contributed by atoms with Gasteiger partial charge in [0.05, 0.1) is 12.8 Å². The largest absolute Gasteiger partial charge is 0.397 e. The number of aliphatic hydroxyl groups is 3. The Morgan fingerprint density at radius 2 is 0.938 bits per heavy atom. The van der Waals surface area contributed by atoms with Crippen molar-refractivity contribution in [2.75, 3.05) is 19.9 Å². The summed E-state index contributed by atoms with van der Waals surface area (Å²) in [5.74, 6) is 0. The van der Waals surface area contributed by atoms with Crippen LogP contribution >= 0.6 is 0 Å². The maximum Gasteiger partial charge on any atom is 0.0894 e. The second-order valence-corrected chi connectivity index (χ2v) is 8.12. The summed E-state index contributed by atoms with van der Waals surface area (Å²) in [5, 5.41) is 24.2. The molecule has 0 saturated carbocycles. The Morgan fingerprint density at radius 3 is 1.25 bits per heavy atom. The predicted molar refractivity (Wildman–Crippen MR) is 137 cm³/mol. The summed E-state index contributed by atoms with van der Waals surface area (Å²) < 4.78 is 11.5. The molecule has 3 nitrogen and oxygen atoms in total. The van der Waals surface area contributed by atoms with E-state index in [0.717, 1.165) is 25.7 Å². The van der Waals surface area contributed by atoms with Crippen molar-refractivity contribution in [2.24, 2.45) is 0 Å². The van der Waals surface area contributed by atoms with Gasteiger partial charge in [-0.3, -0.25) is 4.39 Å². The van der Waals surface area contributed by atoms with Crippen molar-refractivity contribution in [3.05, 3.63) is 6.92 Å². The van der Waals surface area contributed by atoms with Gasteiger partial charge < -0.3 is 22.2 Å². The Labute approximate surface area is 217 Å². The summed E-state index contributed by atoms with van der Waals surface area (Å²) in [6.45, 7) is 11.6. The minimum absolute atomic E-state index is 0. The van der Waals surface area contributed by atoms with Gasteiger partial charge in [-0.2, -0.15) is 6.42 Å². The van der Waals surface area contributed by atoms with Crippen LogP contribution in [0.5, 0.6) is 0 Å². The fraction of sp³-hybridized carbons (Fsp3) is 0.963. The molecule has 1 atom stereocenters. The molecule has 0 aliphatic heterocycles. The van der Waals surface area contributed by atoms with Gasteiger partial charge >= 0.3 is 0 Å². The molecule has 3 N–H and O–H groups in total. The molecule has 0 amide bonds. The van der Waals surface area contributed by atoms with Crippen LogP contribution in [0, 0.1) is 6.92 Å². The van der Waals surface area contributed by atoms with Gasteiger partial charge in [0.2, 0.25) is 0 Å². The van der Waals surface area contributed by atoms with Crippen molar-refractivity contribution in [3.63, 3.8) is 0 Å². The Bertz CT molecular complexity index is 237. The first-order valence-corrected chi connectivity index (χ1v) is 13.3. The summed E-state index contributed by atoms with van der Waals surface area (Å²) in [4.78, 5) is 0. The van der Waals surface area contributed by atoms with Gasteiger partial charge in [0, 0.05) is 34.9 Å². The molecule has 32 heavy (non-hydrogen) atoms. The second kappa shape index (κ2) is 48.8. The molecule has 0 saturated heterocycles. The summed E-state index contributed by atoms with van der Waals surface area (Å²) in [6, 6.07) is 0. The van der Waals surface area contributed by atoms with Crippen LogP contribution in [0.3, 0.4) is 0 Å². The first-order chi connectivity index (χ1) is 15.0. The fourth-order valence-corrected chi connectivity index (χ4v) is 2.91. The van der Waals surface area contributed by atoms with E-state index in [1.165, 1.54) is 89.9 Å². The van der Waals surface area contributed by atoms with Crippen LogP contribution in [-0.2, 0) is 21.7 Å². The molecule has 0 fully saturated rings. The number of rotatable bonds is 18. The van der Waals surface area contributed by atoms with Gasteiger partial charge in [0.15, 0.2) is 0 Å². The number of hydrogen-bond acceptors (Lipinski definition) is 3. The summed E-state index contributed by atoms with van der Waals surface area (Å²) in [6.07, 6.45) is 22.5. The molecule has 5 heteroatoms. The number of halogens is 1. The third-order valence-electron chi connectivity index (χ3n) is 4.61. The van der Waals surface area contributed by atoms with E-state index in [9.17, 15) is 4.39 Å². The summed E-state index contributed by atoms with van der Waals surface area (Å²) >= 11 is 0. The van der Waals surface area contributed by atoms with Crippen molar-refractivity contribution in [2.45, 2.75) is 149 Å². The molecule has 198 valence electrons. The number of alkyl halides is 1. The molecule has 0 bridgehead atoms. The third kappa shape index (κ3) is 69.8. The molecule has 0 aromatic rings. The quantitative estimate of drug-likeness (QED) is 0.101. The molecule has 0 aliphatic carbocycles. The van der Waals surface area contributed by atoms with Gasteiger partial charge in [-0.1, -0.05) is 103 Å². The van der Waals surface area contributed by atoms with E-state index in [2.05, 4.69) is 13.8 Å². The molecule has 0 radical (unpaired) electrons. The van der Waals surface area contributed by atoms with Crippen molar-refractivity contribution < 1.29 is 41.4 Å². The zero-order valence-electron chi connectivity index (χ0n) is 22.4. The van der Waals surface area contributed by atoms with Crippen LogP contribution in [0.2, 0.25) is 0 Å². The Morgan fingerprint density at radius 1 is 0.625 bits per heavy atom. The predicted octanol–water partition coefficient (Wildman–Crippen LogP) is 8.19. The van der Waals surface area contributed by atoms with Crippen molar-refractivity contribution >= 4 is 0 Å². The molecule has 0 aromatic heterocycles. The van der Waals surface area contributed by atoms with Crippen molar-refractivity contribution in [3.8, 4) is 0 Å². The smallest absolute Gasteiger partial charge is 0.0894 e. The van der Waals surface area contributed by atoms with E-state index in [1.54, 1.807) is 13.8 Å². The third-order valence-corrected chi connectivity index (χ3v) is 4.61. The minimum Gasteiger partial charge on any atom is -0.397 e. The Balaban J connectivity index is -0.000000128. The summed E-state index contributed by atoms with van der Waals surface area (Å²) in [5.41, 5.74) is 0. The van der Waals surface area contributed by atoms with Crippen LogP contribution in [0.4, 0.5) is 4.39 Å². The van der Waals surface area contributed by atoms with Gasteiger partial charge in [-0.05, 0) is 33.6 Å². The van der Waals surface area contributed by atoms with E-state index in [1.807, 2.05) is 6.92 Å². The summed E-state index contributed by atoms with van der Waals surface area (Å²) in [7, 11) is 0. The number of hydrogen-bond donors (Lipinski definition) is 3. The van der Waals surface area contributed by atoms with Gasteiger partial charge in [-0.25, -0.2) is 0 Å². The van der Waals surface area contributed by atoms with Crippen molar-refractivity contribution in [1.82, 2.24) is 0 Å². The molecule has 0 spiro atoms. The molecular weight excluding hydrogens is 439 g/mol. The molecule has 0 rings (SSSR count). The van der Waals surface area contributed by atoms with Crippen LogP contribution in [0.25, 0.3) is 0 Å². The van der Waals surface area contributed by atoms with Crippen LogP contribution in [-0.4, -0.2) is 41.3 Å². The number of unbranched alkanes of at least 4 members (excludes halogenated alkanes) is 15.